The Morgan fingerprint density at radius 2 is 1.96 bits per heavy atom. The van der Waals surface area contributed by atoms with Gasteiger partial charge in [0.25, 0.3) is 0 Å². The molecule has 5 heteroatoms. The molecular formula is C18H21ClN2O2. The molecule has 0 fully saturated rings. The number of halogens is 1. The number of aliphatic hydroxyl groups is 1. The van der Waals surface area contributed by atoms with Crippen molar-refractivity contribution in [2.45, 2.75) is 26.0 Å². The molecule has 122 valence electrons. The van der Waals surface area contributed by atoms with Gasteiger partial charge in [-0.2, -0.15) is 0 Å². The van der Waals surface area contributed by atoms with Crippen molar-refractivity contribution >= 4 is 28.9 Å². The molecular weight excluding hydrogens is 312 g/mol. The Kier molecular flexibility index (Phi) is 6.02. The van der Waals surface area contributed by atoms with Gasteiger partial charge in [-0.25, -0.2) is 0 Å². The van der Waals surface area contributed by atoms with Gasteiger partial charge in [-0.3, -0.25) is 4.79 Å². The van der Waals surface area contributed by atoms with Crippen LogP contribution in [0.2, 0.25) is 5.02 Å². The predicted octanol–water partition coefficient (Wildman–Crippen LogP) is 3.69. The normalized spacial score (nSPS) is 11.8. The van der Waals surface area contributed by atoms with Gasteiger partial charge in [0.15, 0.2) is 0 Å². The smallest absolute Gasteiger partial charge is 0.228 e. The van der Waals surface area contributed by atoms with Gasteiger partial charge in [0.2, 0.25) is 5.91 Å². The van der Waals surface area contributed by atoms with Gasteiger partial charge in [0, 0.05) is 25.2 Å². The molecule has 4 nitrogen and oxygen atoms in total. The van der Waals surface area contributed by atoms with Crippen molar-refractivity contribution in [1.82, 2.24) is 0 Å². The van der Waals surface area contributed by atoms with Crippen molar-refractivity contribution in [3.05, 3.63) is 59.1 Å². The Morgan fingerprint density at radius 3 is 2.61 bits per heavy atom. The highest BCUT2D eigenvalue weighted by molar-refractivity contribution is 6.33. The van der Waals surface area contributed by atoms with Crippen LogP contribution in [0.15, 0.2) is 48.5 Å². The third kappa shape index (κ3) is 4.71. The molecule has 0 bridgehead atoms. The third-order valence-corrected chi connectivity index (χ3v) is 3.94. The summed E-state index contributed by atoms with van der Waals surface area (Å²) in [5, 5.41) is 13.0. The van der Waals surface area contributed by atoms with Crippen LogP contribution >= 0.6 is 11.6 Å². The van der Waals surface area contributed by atoms with E-state index in [-0.39, 0.29) is 18.6 Å². The van der Waals surface area contributed by atoms with E-state index in [4.69, 9.17) is 11.6 Å². The maximum absolute atomic E-state index is 12.4. The number of nitrogens with one attached hydrogen (secondary N) is 1. The second-order valence-corrected chi connectivity index (χ2v) is 5.92. The molecule has 0 spiro atoms. The van der Waals surface area contributed by atoms with Gasteiger partial charge >= 0.3 is 0 Å². The lowest BCUT2D eigenvalue weighted by molar-refractivity contribution is -0.118. The molecule has 0 radical (unpaired) electrons. The fraction of sp³-hybridized carbons (Fsp3) is 0.278. The number of hydrogen-bond donors (Lipinski definition) is 2. The molecule has 0 saturated heterocycles. The highest BCUT2D eigenvalue weighted by atomic mass is 35.5. The standard InChI is InChI=1S/C18H21ClN2O2/c1-13(20-17-11-14(12-22)8-9-16(17)19)10-18(23)21(2)15-6-4-3-5-7-15/h3-9,11,13,20,22H,10,12H2,1-2H3. The predicted molar refractivity (Wildman–Crippen MR) is 94.9 cm³/mol. The topological polar surface area (TPSA) is 52.6 Å². The second kappa shape index (κ2) is 7.99. The summed E-state index contributed by atoms with van der Waals surface area (Å²) in [6, 6.07) is 14.7. The number of para-hydroxylation sites is 1. The maximum atomic E-state index is 12.4. The van der Waals surface area contributed by atoms with Crippen LogP contribution in [0.25, 0.3) is 0 Å². The molecule has 2 aromatic carbocycles. The summed E-state index contributed by atoms with van der Waals surface area (Å²) in [5.41, 5.74) is 2.36. The van der Waals surface area contributed by atoms with Crippen molar-refractivity contribution in [3.8, 4) is 0 Å². The van der Waals surface area contributed by atoms with E-state index < -0.39 is 0 Å². The van der Waals surface area contributed by atoms with Crippen LogP contribution in [-0.4, -0.2) is 24.1 Å². The van der Waals surface area contributed by atoms with Gasteiger partial charge in [-0.15, -0.1) is 0 Å². The average Bonchev–Trinajstić information content (AvgIpc) is 2.56. The van der Waals surface area contributed by atoms with Crippen molar-refractivity contribution in [3.63, 3.8) is 0 Å². The summed E-state index contributed by atoms with van der Waals surface area (Å²) in [6.45, 7) is 1.88. The number of hydrogen-bond acceptors (Lipinski definition) is 3. The molecule has 0 aliphatic heterocycles. The number of carbonyl (C=O) groups is 1. The SMILES string of the molecule is CC(CC(=O)N(C)c1ccccc1)Nc1cc(CO)ccc1Cl. The van der Waals surface area contributed by atoms with Gasteiger partial charge in [0.05, 0.1) is 17.3 Å². The van der Waals surface area contributed by atoms with E-state index in [9.17, 15) is 9.90 Å². The number of carbonyl (C=O) groups excluding carboxylic acids is 1. The van der Waals surface area contributed by atoms with Crippen LogP contribution in [-0.2, 0) is 11.4 Å². The minimum absolute atomic E-state index is 0.0191. The minimum atomic E-state index is -0.0832. The summed E-state index contributed by atoms with van der Waals surface area (Å²) < 4.78 is 0. The van der Waals surface area contributed by atoms with Crippen LogP contribution in [0.3, 0.4) is 0 Å². The second-order valence-electron chi connectivity index (χ2n) is 5.51. The highest BCUT2D eigenvalue weighted by Gasteiger charge is 2.15. The van der Waals surface area contributed by atoms with Crippen molar-refractivity contribution < 1.29 is 9.90 Å². The first-order chi connectivity index (χ1) is 11.0. The van der Waals surface area contributed by atoms with Gasteiger partial charge < -0.3 is 15.3 Å². The number of amides is 1. The molecule has 1 atom stereocenters. The lowest BCUT2D eigenvalue weighted by Gasteiger charge is -2.21. The van der Waals surface area contributed by atoms with E-state index in [0.29, 0.717) is 11.4 Å². The summed E-state index contributed by atoms with van der Waals surface area (Å²) in [4.78, 5) is 14.0. The summed E-state index contributed by atoms with van der Waals surface area (Å²) in [5.74, 6) is 0.0191. The number of rotatable bonds is 6. The van der Waals surface area contributed by atoms with Crippen molar-refractivity contribution in [2.24, 2.45) is 0 Å². The number of aliphatic hydroxyl groups excluding tert-OH is 1. The number of nitrogens with zero attached hydrogens (tertiary/aromatic N) is 1. The zero-order valence-electron chi connectivity index (χ0n) is 13.3. The summed E-state index contributed by atoms with van der Waals surface area (Å²) in [6.07, 6.45) is 0.338. The van der Waals surface area contributed by atoms with E-state index in [0.717, 1.165) is 16.9 Å². The number of anilines is 2. The van der Waals surface area contributed by atoms with Crippen LogP contribution < -0.4 is 10.2 Å². The van der Waals surface area contributed by atoms with Crippen molar-refractivity contribution in [2.75, 3.05) is 17.3 Å². The molecule has 0 heterocycles. The minimum Gasteiger partial charge on any atom is -0.392 e. The van der Waals surface area contributed by atoms with E-state index in [2.05, 4.69) is 5.32 Å². The quantitative estimate of drug-likeness (QED) is 0.848. The fourth-order valence-corrected chi connectivity index (χ4v) is 2.46. The molecule has 2 N–H and O–H groups in total. The van der Waals surface area contributed by atoms with E-state index >= 15 is 0 Å². The molecule has 23 heavy (non-hydrogen) atoms. The van der Waals surface area contributed by atoms with Crippen LogP contribution in [0.1, 0.15) is 18.9 Å². The maximum Gasteiger partial charge on any atom is 0.228 e. The number of benzene rings is 2. The Hall–Kier alpha value is -2.04. The molecule has 2 aromatic rings. The lowest BCUT2D eigenvalue weighted by atomic mass is 10.1. The first-order valence-electron chi connectivity index (χ1n) is 7.48. The molecule has 1 unspecified atom stereocenters. The Morgan fingerprint density at radius 1 is 1.26 bits per heavy atom. The highest BCUT2D eigenvalue weighted by Crippen LogP contribution is 2.24. The average molecular weight is 333 g/mol. The molecule has 0 aliphatic carbocycles. The Bertz CT molecular complexity index is 661. The molecule has 1 amide bonds. The zero-order chi connectivity index (χ0) is 16.8. The third-order valence-electron chi connectivity index (χ3n) is 3.61. The Balaban J connectivity index is 1.99. The molecule has 2 rings (SSSR count). The van der Waals surface area contributed by atoms with Gasteiger partial charge in [-0.1, -0.05) is 35.9 Å². The van der Waals surface area contributed by atoms with Crippen LogP contribution in [0.5, 0.6) is 0 Å². The summed E-state index contributed by atoms with van der Waals surface area (Å²) >= 11 is 6.15. The van der Waals surface area contributed by atoms with Gasteiger partial charge in [0.1, 0.15) is 0 Å². The van der Waals surface area contributed by atoms with Crippen molar-refractivity contribution in [1.29, 1.82) is 0 Å². The van der Waals surface area contributed by atoms with Crippen LogP contribution in [0.4, 0.5) is 11.4 Å². The van der Waals surface area contributed by atoms with E-state index in [1.54, 1.807) is 30.1 Å². The lowest BCUT2D eigenvalue weighted by Crippen LogP contribution is -2.31. The Labute approximate surface area is 141 Å². The van der Waals surface area contributed by atoms with Gasteiger partial charge in [-0.05, 0) is 36.8 Å². The monoisotopic (exact) mass is 332 g/mol. The van der Waals surface area contributed by atoms with Crippen LogP contribution in [0, 0.1) is 0 Å². The molecule has 0 aromatic heterocycles. The largest absolute Gasteiger partial charge is 0.392 e. The van der Waals surface area contributed by atoms with E-state index in [1.165, 1.54) is 0 Å². The first-order valence-corrected chi connectivity index (χ1v) is 7.86. The van der Waals surface area contributed by atoms with E-state index in [1.807, 2.05) is 37.3 Å². The summed E-state index contributed by atoms with van der Waals surface area (Å²) in [7, 11) is 1.77. The zero-order valence-corrected chi connectivity index (χ0v) is 14.0. The first kappa shape index (κ1) is 17.3. The molecule has 0 aliphatic rings. The fourth-order valence-electron chi connectivity index (χ4n) is 2.29. The molecule has 0 saturated carbocycles.